The summed E-state index contributed by atoms with van der Waals surface area (Å²) in [5.41, 5.74) is 1.95. The fourth-order valence-electron chi connectivity index (χ4n) is 3.31. The fourth-order valence-corrected chi connectivity index (χ4v) is 4.04. The molecule has 1 saturated heterocycles. The third kappa shape index (κ3) is 5.20. The van der Waals surface area contributed by atoms with Crippen LogP contribution in [0.25, 0.3) is 11.4 Å². The molecule has 3 aromatic rings. The molecule has 7 nitrogen and oxygen atoms in total. The Morgan fingerprint density at radius 3 is 2.62 bits per heavy atom. The van der Waals surface area contributed by atoms with Crippen molar-refractivity contribution in [3.63, 3.8) is 0 Å². The van der Waals surface area contributed by atoms with Crippen molar-refractivity contribution in [3.8, 4) is 11.4 Å². The number of thiazole rings is 1. The van der Waals surface area contributed by atoms with E-state index in [1.54, 1.807) is 23.5 Å². The average Bonchev–Trinajstić information content (AvgIpc) is 3.36. The minimum atomic E-state index is 0.125. The van der Waals surface area contributed by atoms with Crippen molar-refractivity contribution >= 4 is 28.8 Å². The van der Waals surface area contributed by atoms with Crippen molar-refractivity contribution in [2.45, 2.75) is 26.3 Å². The Bertz CT molecular complexity index is 963. The Kier molecular flexibility index (Phi) is 6.22. The van der Waals surface area contributed by atoms with E-state index in [0.717, 1.165) is 49.0 Å². The number of hydrogen-bond donors (Lipinski definition) is 0. The van der Waals surface area contributed by atoms with Gasteiger partial charge in [-0.15, -0.1) is 11.3 Å². The van der Waals surface area contributed by atoms with Crippen LogP contribution in [0.5, 0.6) is 0 Å². The highest BCUT2D eigenvalue weighted by molar-refractivity contribution is 7.09. The quantitative estimate of drug-likeness (QED) is 0.595. The smallest absolute Gasteiger partial charge is 0.227 e. The van der Waals surface area contributed by atoms with Crippen LogP contribution in [0, 0.1) is 6.92 Å². The van der Waals surface area contributed by atoms with E-state index in [1.807, 2.05) is 24.0 Å². The second-order valence-electron chi connectivity index (χ2n) is 7.03. The van der Waals surface area contributed by atoms with Crippen LogP contribution in [-0.4, -0.2) is 57.0 Å². The standard InChI is InChI=1S/C20H22ClN5O2S/c1-14-22-17(13-29-14)12-25-8-10-26(11-9-25)19(27)7-6-18-23-20(24-28-18)15-2-4-16(21)5-3-15/h2-5,13H,6-12H2,1H3. The van der Waals surface area contributed by atoms with Gasteiger partial charge in [-0.05, 0) is 31.2 Å². The Morgan fingerprint density at radius 2 is 1.93 bits per heavy atom. The van der Waals surface area contributed by atoms with Gasteiger partial charge in [0.15, 0.2) is 0 Å². The van der Waals surface area contributed by atoms with Crippen LogP contribution in [0.1, 0.15) is 23.0 Å². The highest BCUT2D eigenvalue weighted by Gasteiger charge is 2.22. The van der Waals surface area contributed by atoms with Gasteiger partial charge in [0.05, 0.1) is 10.7 Å². The normalized spacial score (nSPS) is 15.0. The van der Waals surface area contributed by atoms with Crippen LogP contribution in [0.15, 0.2) is 34.2 Å². The minimum absolute atomic E-state index is 0.125. The first-order valence-electron chi connectivity index (χ1n) is 9.56. The van der Waals surface area contributed by atoms with Crippen LogP contribution < -0.4 is 0 Å². The Labute approximate surface area is 178 Å². The molecule has 1 aliphatic rings. The molecule has 9 heteroatoms. The molecule has 29 heavy (non-hydrogen) atoms. The minimum Gasteiger partial charge on any atom is -0.340 e. The molecule has 0 saturated carbocycles. The lowest BCUT2D eigenvalue weighted by molar-refractivity contribution is -0.133. The molecule has 0 unspecified atom stereocenters. The highest BCUT2D eigenvalue weighted by atomic mass is 35.5. The molecule has 152 valence electrons. The Morgan fingerprint density at radius 1 is 1.17 bits per heavy atom. The zero-order valence-electron chi connectivity index (χ0n) is 16.2. The van der Waals surface area contributed by atoms with Gasteiger partial charge in [-0.3, -0.25) is 9.69 Å². The van der Waals surface area contributed by atoms with Crippen LogP contribution in [0.3, 0.4) is 0 Å². The fraction of sp³-hybridized carbons (Fsp3) is 0.400. The number of carbonyl (C=O) groups excluding carboxylic acids is 1. The summed E-state index contributed by atoms with van der Waals surface area (Å²) in [6.45, 7) is 6.07. The van der Waals surface area contributed by atoms with Crippen molar-refractivity contribution in [2.75, 3.05) is 26.2 Å². The van der Waals surface area contributed by atoms with Crippen LogP contribution in [0.2, 0.25) is 5.02 Å². The van der Waals surface area contributed by atoms with Crippen molar-refractivity contribution < 1.29 is 9.32 Å². The molecule has 0 N–H and O–H groups in total. The summed E-state index contributed by atoms with van der Waals surface area (Å²) in [6.07, 6.45) is 0.811. The zero-order chi connectivity index (χ0) is 20.2. The molecule has 1 aliphatic heterocycles. The predicted molar refractivity (Wildman–Crippen MR) is 112 cm³/mol. The molecule has 1 amide bonds. The first kappa shape index (κ1) is 20.0. The van der Waals surface area contributed by atoms with Crippen LogP contribution in [-0.2, 0) is 17.8 Å². The maximum absolute atomic E-state index is 12.5. The molecule has 2 aromatic heterocycles. The van der Waals surface area contributed by atoms with E-state index in [0.29, 0.717) is 29.6 Å². The summed E-state index contributed by atoms with van der Waals surface area (Å²) < 4.78 is 5.29. The summed E-state index contributed by atoms with van der Waals surface area (Å²) in [7, 11) is 0. The van der Waals surface area contributed by atoms with Crippen LogP contribution >= 0.6 is 22.9 Å². The number of aryl methyl sites for hydroxylation is 2. The number of amides is 1. The number of piperazine rings is 1. The highest BCUT2D eigenvalue weighted by Crippen LogP contribution is 2.19. The van der Waals surface area contributed by atoms with E-state index in [9.17, 15) is 4.79 Å². The molecular weight excluding hydrogens is 410 g/mol. The van der Waals surface area contributed by atoms with Gasteiger partial charge in [0.2, 0.25) is 17.6 Å². The second-order valence-corrected chi connectivity index (χ2v) is 8.53. The van der Waals surface area contributed by atoms with Crippen molar-refractivity contribution in [3.05, 3.63) is 51.3 Å². The molecule has 0 bridgehead atoms. The van der Waals surface area contributed by atoms with E-state index >= 15 is 0 Å². The molecule has 4 rings (SSSR count). The second kappa shape index (κ2) is 9.02. The topological polar surface area (TPSA) is 75.4 Å². The molecule has 0 atom stereocenters. The van der Waals surface area contributed by atoms with Crippen molar-refractivity contribution in [1.29, 1.82) is 0 Å². The summed E-state index contributed by atoms with van der Waals surface area (Å²) in [5, 5.41) is 7.85. The molecule has 3 heterocycles. The van der Waals surface area contributed by atoms with Gasteiger partial charge in [-0.2, -0.15) is 4.98 Å². The van der Waals surface area contributed by atoms with Gasteiger partial charge in [-0.25, -0.2) is 4.98 Å². The summed E-state index contributed by atoms with van der Waals surface area (Å²) in [6, 6.07) is 7.25. The van der Waals surface area contributed by atoms with E-state index in [4.69, 9.17) is 16.1 Å². The van der Waals surface area contributed by atoms with Gasteiger partial charge in [0.1, 0.15) is 0 Å². The monoisotopic (exact) mass is 431 g/mol. The molecule has 1 fully saturated rings. The Hall–Kier alpha value is -2.29. The first-order chi connectivity index (χ1) is 14.1. The number of halogens is 1. The van der Waals surface area contributed by atoms with Crippen molar-refractivity contribution in [1.82, 2.24) is 24.9 Å². The van der Waals surface area contributed by atoms with E-state index in [1.165, 1.54) is 0 Å². The number of rotatable bonds is 6. The van der Waals surface area contributed by atoms with Gasteiger partial charge in [0.25, 0.3) is 0 Å². The lowest BCUT2D eigenvalue weighted by atomic mass is 10.2. The SMILES string of the molecule is Cc1nc(CN2CCN(C(=O)CCc3nc(-c4ccc(Cl)cc4)no3)CC2)cs1. The third-order valence-electron chi connectivity index (χ3n) is 4.90. The lowest BCUT2D eigenvalue weighted by Crippen LogP contribution is -2.48. The number of nitrogens with zero attached hydrogens (tertiary/aromatic N) is 5. The zero-order valence-corrected chi connectivity index (χ0v) is 17.7. The summed E-state index contributed by atoms with van der Waals surface area (Å²) in [5.74, 6) is 1.11. The summed E-state index contributed by atoms with van der Waals surface area (Å²) in [4.78, 5) is 25.7. The van der Waals surface area contributed by atoms with Gasteiger partial charge in [-0.1, -0.05) is 16.8 Å². The molecule has 0 radical (unpaired) electrons. The maximum Gasteiger partial charge on any atom is 0.227 e. The first-order valence-corrected chi connectivity index (χ1v) is 10.8. The molecule has 0 spiro atoms. The molecule has 1 aromatic carbocycles. The number of benzene rings is 1. The number of hydrogen-bond acceptors (Lipinski definition) is 7. The van der Waals surface area contributed by atoms with E-state index in [2.05, 4.69) is 25.4 Å². The van der Waals surface area contributed by atoms with Gasteiger partial charge >= 0.3 is 0 Å². The Balaban J connectivity index is 1.24. The third-order valence-corrected chi connectivity index (χ3v) is 5.97. The number of carbonyl (C=O) groups is 1. The lowest BCUT2D eigenvalue weighted by Gasteiger charge is -2.34. The maximum atomic E-state index is 12.5. The largest absolute Gasteiger partial charge is 0.340 e. The predicted octanol–water partition coefficient (Wildman–Crippen LogP) is 3.43. The average molecular weight is 432 g/mol. The number of aromatic nitrogens is 3. The molecule has 0 aliphatic carbocycles. The molecular formula is C20H22ClN5O2S. The summed E-state index contributed by atoms with van der Waals surface area (Å²) >= 11 is 7.58. The van der Waals surface area contributed by atoms with Crippen LogP contribution in [0.4, 0.5) is 0 Å². The van der Waals surface area contributed by atoms with E-state index < -0.39 is 0 Å². The van der Waals surface area contributed by atoms with Crippen molar-refractivity contribution in [2.24, 2.45) is 0 Å². The van der Waals surface area contributed by atoms with Gasteiger partial charge in [0, 0.05) is 61.5 Å². The van der Waals surface area contributed by atoms with E-state index in [-0.39, 0.29) is 5.91 Å². The van der Waals surface area contributed by atoms with Gasteiger partial charge < -0.3 is 9.42 Å².